The van der Waals surface area contributed by atoms with Crippen molar-refractivity contribution in [2.75, 3.05) is 7.11 Å². The molecule has 0 spiro atoms. The average Bonchev–Trinajstić information content (AvgIpc) is 3.48. The number of methoxy groups -OCH3 is 1. The SMILES string of the molecule is COc1c(F)c(F)cc(-c2cc3c(cc2F)c(=O)c2c(=O)[nH]sc2n3C2CC2)c1F. The number of fused-ring (bicyclic) bond motifs is 2. The summed E-state index contributed by atoms with van der Waals surface area (Å²) in [7, 11) is 0.969. The van der Waals surface area contributed by atoms with Gasteiger partial charge in [0.15, 0.2) is 17.4 Å². The zero-order valence-corrected chi connectivity index (χ0v) is 16.1. The second kappa shape index (κ2) is 6.43. The van der Waals surface area contributed by atoms with E-state index < -0.39 is 45.6 Å². The number of nitrogens with one attached hydrogen (secondary N) is 1. The van der Waals surface area contributed by atoms with E-state index in [1.54, 1.807) is 4.57 Å². The van der Waals surface area contributed by atoms with Crippen LogP contribution >= 0.6 is 11.5 Å². The van der Waals surface area contributed by atoms with Crippen LogP contribution in [0.4, 0.5) is 17.6 Å². The second-order valence-corrected chi connectivity index (χ2v) is 7.86. The molecule has 1 N–H and O–H groups in total. The minimum absolute atomic E-state index is 0.00954. The molecule has 0 unspecified atom stereocenters. The van der Waals surface area contributed by atoms with E-state index in [0.717, 1.165) is 37.6 Å². The maximum atomic E-state index is 15.0. The molecule has 0 bridgehead atoms. The van der Waals surface area contributed by atoms with E-state index in [0.29, 0.717) is 10.9 Å². The van der Waals surface area contributed by atoms with E-state index in [1.165, 1.54) is 6.07 Å². The number of rotatable bonds is 3. The molecule has 5 rings (SSSR count). The quantitative estimate of drug-likeness (QED) is 0.381. The Balaban J connectivity index is 1.91. The van der Waals surface area contributed by atoms with E-state index in [-0.39, 0.29) is 27.9 Å². The van der Waals surface area contributed by atoms with Crippen molar-refractivity contribution >= 4 is 32.7 Å². The predicted octanol–water partition coefficient (Wildman–Crippen LogP) is 4.47. The van der Waals surface area contributed by atoms with Crippen LogP contribution in [-0.2, 0) is 0 Å². The van der Waals surface area contributed by atoms with Crippen molar-refractivity contribution in [1.82, 2.24) is 8.94 Å². The highest BCUT2D eigenvalue weighted by Gasteiger charge is 2.30. The first-order valence-electron chi connectivity index (χ1n) is 8.94. The largest absolute Gasteiger partial charge is 0.491 e. The molecule has 1 aliphatic carbocycles. The first-order chi connectivity index (χ1) is 14.3. The summed E-state index contributed by atoms with van der Waals surface area (Å²) in [6.07, 6.45) is 1.58. The molecule has 2 aromatic carbocycles. The maximum Gasteiger partial charge on any atom is 0.271 e. The molecule has 2 aromatic heterocycles. The van der Waals surface area contributed by atoms with Crippen LogP contribution in [-0.4, -0.2) is 16.1 Å². The van der Waals surface area contributed by atoms with Gasteiger partial charge in [-0.05, 0) is 42.6 Å². The van der Waals surface area contributed by atoms with Crippen molar-refractivity contribution in [1.29, 1.82) is 0 Å². The van der Waals surface area contributed by atoms with Gasteiger partial charge < -0.3 is 9.30 Å². The van der Waals surface area contributed by atoms with Gasteiger partial charge in [0, 0.05) is 22.6 Å². The monoisotopic (exact) mass is 436 g/mol. The number of H-pyrrole nitrogens is 1. The zero-order chi connectivity index (χ0) is 21.3. The molecule has 154 valence electrons. The fourth-order valence-electron chi connectivity index (χ4n) is 3.71. The van der Waals surface area contributed by atoms with Crippen molar-refractivity contribution in [3.8, 4) is 16.9 Å². The van der Waals surface area contributed by atoms with Gasteiger partial charge in [-0.2, -0.15) is 4.39 Å². The number of aromatic nitrogens is 2. The summed E-state index contributed by atoms with van der Waals surface area (Å²) in [6.45, 7) is 0. The van der Waals surface area contributed by atoms with Crippen molar-refractivity contribution < 1.29 is 22.3 Å². The Morgan fingerprint density at radius 1 is 1.03 bits per heavy atom. The van der Waals surface area contributed by atoms with Crippen molar-refractivity contribution in [3.63, 3.8) is 0 Å². The molecular weight excluding hydrogens is 424 g/mol. The lowest BCUT2D eigenvalue weighted by molar-refractivity contribution is 0.347. The summed E-state index contributed by atoms with van der Waals surface area (Å²) in [5, 5.41) is -0.110. The summed E-state index contributed by atoms with van der Waals surface area (Å²) in [6, 6.07) is 2.66. The molecular formula is C20H12F4N2O3S. The van der Waals surface area contributed by atoms with E-state index in [1.807, 2.05) is 0 Å². The summed E-state index contributed by atoms with van der Waals surface area (Å²) in [4.78, 5) is 25.3. The second-order valence-electron chi connectivity index (χ2n) is 7.06. The number of pyridine rings is 1. The normalized spacial score (nSPS) is 14.0. The maximum absolute atomic E-state index is 15.0. The molecule has 0 radical (unpaired) electrons. The number of halogens is 4. The molecule has 1 saturated carbocycles. The molecule has 0 saturated heterocycles. The van der Waals surface area contributed by atoms with Crippen LogP contribution in [0.15, 0.2) is 27.8 Å². The zero-order valence-electron chi connectivity index (χ0n) is 15.3. The van der Waals surface area contributed by atoms with Gasteiger partial charge in [0.1, 0.15) is 16.0 Å². The first-order valence-corrected chi connectivity index (χ1v) is 9.76. The molecule has 0 amide bonds. The number of ether oxygens (including phenoxy) is 1. The standard InChI is InChI=1S/C20H12F4N2O3S/c1-29-18-15(23)9(4-12(22)16(18)24)8-6-13-10(5-11(8)21)17(27)14-19(28)25-30-20(14)26(13)7-2-3-7/h4-7H,2-3H2,1H3,(H,25,28). The third-order valence-electron chi connectivity index (χ3n) is 5.24. The van der Waals surface area contributed by atoms with E-state index in [2.05, 4.69) is 9.11 Å². The van der Waals surface area contributed by atoms with Gasteiger partial charge in [-0.3, -0.25) is 14.0 Å². The van der Waals surface area contributed by atoms with Crippen molar-refractivity contribution in [3.05, 3.63) is 62.0 Å². The van der Waals surface area contributed by atoms with Gasteiger partial charge in [-0.25, -0.2) is 13.2 Å². The van der Waals surface area contributed by atoms with Crippen LogP contribution in [0.25, 0.3) is 32.2 Å². The number of nitrogens with zero attached hydrogens (tertiary/aromatic N) is 1. The van der Waals surface area contributed by atoms with Crippen LogP contribution < -0.4 is 15.7 Å². The summed E-state index contributed by atoms with van der Waals surface area (Å²) in [5.41, 5.74) is -1.81. The number of aromatic amines is 1. The highest BCUT2D eigenvalue weighted by Crippen LogP contribution is 2.41. The van der Waals surface area contributed by atoms with Gasteiger partial charge in [0.25, 0.3) is 5.56 Å². The minimum Gasteiger partial charge on any atom is -0.491 e. The number of benzene rings is 2. The Hall–Kier alpha value is -3.14. The van der Waals surface area contributed by atoms with Gasteiger partial charge in [-0.1, -0.05) is 0 Å². The van der Waals surface area contributed by atoms with Crippen molar-refractivity contribution in [2.24, 2.45) is 0 Å². The van der Waals surface area contributed by atoms with Gasteiger partial charge in [0.05, 0.1) is 12.6 Å². The Morgan fingerprint density at radius 2 is 1.77 bits per heavy atom. The Bertz CT molecular complexity index is 1480. The smallest absolute Gasteiger partial charge is 0.271 e. The minimum atomic E-state index is -1.52. The highest BCUT2D eigenvalue weighted by molar-refractivity contribution is 7.12. The Morgan fingerprint density at radius 3 is 2.43 bits per heavy atom. The van der Waals surface area contributed by atoms with E-state index >= 15 is 0 Å². The lowest BCUT2D eigenvalue weighted by atomic mass is 10.0. The fourth-order valence-corrected chi connectivity index (χ4v) is 4.63. The van der Waals surface area contributed by atoms with Crippen LogP contribution in [0.5, 0.6) is 5.75 Å². The summed E-state index contributed by atoms with van der Waals surface area (Å²) >= 11 is 0.985. The van der Waals surface area contributed by atoms with E-state index in [9.17, 15) is 27.2 Å². The fraction of sp³-hybridized carbons (Fsp3) is 0.200. The van der Waals surface area contributed by atoms with Gasteiger partial charge >= 0.3 is 0 Å². The summed E-state index contributed by atoms with van der Waals surface area (Å²) in [5.74, 6) is -6.17. The molecule has 10 heteroatoms. The molecule has 2 heterocycles. The van der Waals surface area contributed by atoms with Gasteiger partial charge in [-0.15, -0.1) is 0 Å². The van der Waals surface area contributed by atoms with Crippen molar-refractivity contribution in [2.45, 2.75) is 18.9 Å². The van der Waals surface area contributed by atoms with Crippen LogP contribution in [0.1, 0.15) is 18.9 Å². The van der Waals surface area contributed by atoms with Crippen LogP contribution in [0, 0.1) is 23.3 Å². The molecule has 0 atom stereocenters. The molecule has 1 aliphatic rings. The molecule has 4 aromatic rings. The van der Waals surface area contributed by atoms with Crippen LogP contribution in [0.2, 0.25) is 0 Å². The lowest BCUT2D eigenvalue weighted by Crippen LogP contribution is -2.15. The Labute approximate surface area is 169 Å². The lowest BCUT2D eigenvalue weighted by Gasteiger charge is -2.15. The first kappa shape index (κ1) is 18.9. The average molecular weight is 436 g/mol. The molecule has 30 heavy (non-hydrogen) atoms. The third-order valence-corrected chi connectivity index (χ3v) is 6.12. The van der Waals surface area contributed by atoms with Gasteiger partial charge in [0.2, 0.25) is 11.2 Å². The number of hydrogen-bond acceptors (Lipinski definition) is 4. The third kappa shape index (κ3) is 2.53. The molecule has 5 nitrogen and oxygen atoms in total. The topological polar surface area (TPSA) is 64.1 Å². The molecule has 1 fully saturated rings. The molecule has 0 aliphatic heterocycles. The summed E-state index contributed by atoms with van der Waals surface area (Å²) < 4.78 is 66.4. The Kier molecular flexibility index (Phi) is 4.04. The predicted molar refractivity (Wildman–Crippen MR) is 104 cm³/mol. The van der Waals surface area contributed by atoms with Crippen LogP contribution in [0.3, 0.4) is 0 Å². The highest BCUT2D eigenvalue weighted by atomic mass is 32.1. The number of hydrogen-bond donors (Lipinski definition) is 1. The van der Waals surface area contributed by atoms with E-state index in [4.69, 9.17) is 0 Å².